The Morgan fingerprint density at radius 3 is 2.38 bits per heavy atom. The molecule has 0 radical (unpaired) electrons. The van der Waals surface area contributed by atoms with E-state index >= 15 is 0 Å². The molecule has 4 aromatic carbocycles. The van der Waals surface area contributed by atoms with Gasteiger partial charge in [-0.15, -0.1) is 0 Å². The van der Waals surface area contributed by atoms with Crippen LogP contribution < -0.4 is 0 Å². The average Bonchev–Trinajstić information content (AvgIpc) is 3.05. The van der Waals surface area contributed by atoms with E-state index in [1.165, 1.54) is 21.5 Å². The molecule has 0 aliphatic rings. The predicted molar refractivity (Wildman–Crippen MR) is 104 cm³/mol. The minimum Gasteiger partial charge on any atom is -0.456 e. The highest BCUT2D eigenvalue weighted by atomic mass is 79.9. The van der Waals surface area contributed by atoms with Crippen LogP contribution in [0, 0.1) is 0 Å². The van der Waals surface area contributed by atoms with Crippen molar-refractivity contribution in [3.05, 3.63) is 83.3 Å². The summed E-state index contributed by atoms with van der Waals surface area (Å²) >= 11 is 3.54. The Bertz CT molecular complexity index is 1220. The predicted octanol–water partition coefficient (Wildman–Crippen LogP) is 7.17. The summed E-state index contributed by atoms with van der Waals surface area (Å²) < 4.78 is 7.22. The Kier molecular flexibility index (Phi) is 3.00. The summed E-state index contributed by atoms with van der Waals surface area (Å²) in [6.45, 7) is 0. The largest absolute Gasteiger partial charge is 0.456 e. The highest BCUT2D eigenvalue weighted by Crippen LogP contribution is 2.34. The lowest BCUT2D eigenvalue weighted by Gasteiger charge is -2.00. The molecule has 0 saturated heterocycles. The number of furan rings is 1. The fourth-order valence-corrected chi connectivity index (χ4v) is 3.69. The molecule has 0 unspecified atom stereocenters. The molecule has 0 fully saturated rings. The lowest BCUT2D eigenvalue weighted by atomic mass is 10.0. The summed E-state index contributed by atoms with van der Waals surface area (Å²) in [4.78, 5) is 0. The first-order chi connectivity index (χ1) is 11.8. The molecule has 1 aromatic heterocycles. The van der Waals surface area contributed by atoms with E-state index in [2.05, 4.69) is 94.8 Å². The molecule has 0 aliphatic heterocycles. The van der Waals surface area contributed by atoms with Crippen molar-refractivity contribution in [2.75, 3.05) is 0 Å². The summed E-state index contributed by atoms with van der Waals surface area (Å²) in [5.74, 6) is 0.908. The van der Waals surface area contributed by atoms with Crippen LogP contribution in [0.1, 0.15) is 0 Å². The summed E-state index contributed by atoms with van der Waals surface area (Å²) in [6.07, 6.45) is 0. The fourth-order valence-electron chi connectivity index (χ4n) is 3.31. The smallest absolute Gasteiger partial charge is 0.135 e. The zero-order chi connectivity index (χ0) is 16.1. The van der Waals surface area contributed by atoms with Gasteiger partial charge in [-0.25, -0.2) is 0 Å². The Morgan fingerprint density at radius 1 is 0.625 bits per heavy atom. The maximum Gasteiger partial charge on any atom is 0.135 e. The van der Waals surface area contributed by atoms with E-state index in [4.69, 9.17) is 4.42 Å². The minimum absolute atomic E-state index is 0.908. The summed E-state index contributed by atoms with van der Waals surface area (Å²) in [7, 11) is 0. The van der Waals surface area contributed by atoms with Crippen LogP contribution in [0.2, 0.25) is 0 Å². The van der Waals surface area contributed by atoms with Crippen molar-refractivity contribution in [1.82, 2.24) is 0 Å². The van der Waals surface area contributed by atoms with Crippen LogP contribution in [0.4, 0.5) is 0 Å². The first-order valence-corrected chi connectivity index (χ1v) is 8.68. The van der Waals surface area contributed by atoms with Crippen molar-refractivity contribution in [2.24, 2.45) is 0 Å². The Balaban J connectivity index is 1.75. The minimum atomic E-state index is 0.908. The Morgan fingerprint density at radius 2 is 1.46 bits per heavy atom. The Labute approximate surface area is 147 Å². The zero-order valence-corrected chi connectivity index (χ0v) is 14.4. The Hall–Kier alpha value is -2.58. The summed E-state index contributed by atoms with van der Waals surface area (Å²) in [6, 6.07) is 27.5. The molecule has 0 spiro atoms. The average molecular weight is 373 g/mol. The van der Waals surface area contributed by atoms with E-state index in [1.807, 2.05) is 0 Å². The zero-order valence-electron chi connectivity index (χ0n) is 12.8. The maximum absolute atomic E-state index is 6.13. The van der Waals surface area contributed by atoms with Gasteiger partial charge < -0.3 is 4.42 Å². The van der Waals surface area contributed by atoms with E-state index < -0.39 is 0 Å². The van der Waals surface area contributed by atoms with Crippen molar-refractivity contribution in [3.8, 4) is 11.3 Å². The normalized spacial score (nSPS) is 11.5. The molecule has 1 nitrogen and oxygen atoms in total. The maximum atomic E-state index is 6.13. The van der Waals surface area contributed by atoms with Gasteiger partial charge in [0.2, 0.25) is 0 Å². The SMILES string of the molecule is Brc1ccc2c(ccc3oc(-c4ccc5ccccc5c4)cc32)c1. The molecule has 0 bridgehead atoms. The first-order valence-electron chi connectivity index (χ1n) is 7.89. The van der Waals surface area contributed by atoms with Gasteiger partial charge in [-0.1, -0.05) is 64.5 Å². The first kappa shape index (κ1) is 13.8. The number of hydrogen-bond donors (Lipinski definition) is 0. The van der Waals surface area contributed by atoms with Crippen LogP contribution in [0.15, 0.2) is 87.8 Å². The topological polar surface area (TPSA) is 13.1 Å². The van der Waals surface area contributed by atoms with Crippen molar-refractivity contribution in [1.29, 1.82) is 0 Å². The van der Waals surface area contributed by atoms with Gasteiger partial charge in [-0.05, 0) is 51.9 Å². The van der Waals surface area contributed by atoms with Crippen molar-refractivity contribution in [2.45, 2.75) is 0 Å². The van der Waals surface area contributed by atoms with Crippen LogP contribution >= 0.6 is 15.9 Å². The van der Waals surface area contributed by atoms with Crippen LogP contribution in [-0.2, 0) is 0 Å². The third-order valence-corrected chi connectivity index (χ3v) is 5.01. The van der Waals surface area contributed by atoms with Gasteiger partial charge in [-0.2, -0.15) is 0 Å². The molecule has 0 N–H and O–H groups in total. The van der Waals surface area contributed by atoms with Crippen LogP contribution in [0.25, 0.3) is 43.8 Å². The number of benzene rings is 4. The van der Waals surface area contributed by atoms with Gasteiger partial charge in [0.25, 0.3) is 0 Å². The van der Waals surface area contributed by atoms with E-state index in [0.29, 0.717) is 0 Å². The molecule has 0 saturated carbocycles. The lowest BCUT2D eigenvalue weighted by Crippen LogP contribution is -1.75. The molecule has 5 aromatic rings. The van der Waals surface area contributed by atoms with Crippen LogP contribution in [0.3, 0.4) is 0 Å². The van der Waals surface area contributed by atoms with E-state index in [0.717, 1.165) is 26.8 Å². The molecule has 0 amide bonds. The van der Waals surface area contributed by atoms with Gasteiger partial charge >= 0.3 is 0 Å². The second kappa shape index (κ2) is 5.22. The quantitative estimate of drug-likeness (QED) is 0.304. The summed E-state index contributed by atoms with van der Waals surface area (Å²) in [5.41, 5.74) is 2.03. The molecule has 0 atom stereocenters. The number of halogens is 1. The van der Waals surface area contributed by atoms with E-state index in [-0.39, 0.29) is 0 Å². The standard InChI is InChI=1S/C22H13BrO/c23-18-8-9-19-16(12-18)7-10-21-20(19)13-22(24-21)17-6-5-14-3-1-2-4-15(14)11-17/h1-13H. The van der Waals surface area contributed by atoms with Crippen molar-refractivity contribution in [3.63, 3.8) is 0 Å². The number of fused-ring (bicyclic) bond motifs is 4. The van der Waals surface area contributed by atoms with Crippen molar-refractivity contribution < 1.29 is 4.42 Å². The van der Waals surface area contributed by atoms with Gasteiger partial charge in [0.05, 0.1) is 0 Å². The molecule has 24 heavy (non-hydrogen) atoms. The molecule has 2 heteroatoms. The second-order valence-electron chi connectivity index (χ2n) is 6.02. The summed E-state index contributed by atoms with van der Waals surface area (Å²) in [5, 5.41) is 6.05. The molecule has 5 rings (SSSR count). The van der Waals surface area contributed by atoms with Gasteiger partial charge in [0, 0.05) is 15.4 Å². The van der Waals surface area contributed by atoms with Crippen LogP contribution in [-0.4, -0.2) is 0 Å². The number of hydrogen-bond acceptors (Lipinski definition) is 1. The molecule has 0 aliphatic carbocycles. The second-order valence-corrected chi connectivity index (χ2v) is 6.93. The van der Waals surface area contributed by atoms with Crippen LogP contribution in [0.5, 0.6) is 0 Å². The lowest BCUT2D eigenvalue weighted by molar-refractivity contribution is 0.632. The molecular weight excluding hydrogens is 360 g/mol. The highest BCUT2D eigenvalue weighted by molar-refractivity contribution is 9.10. The molecule has 1 heterocycles. The van der Waals surface area contributed by atoms with E-state index in [1.54, 1.807) is 0 Å². The fraction of sp³-hybridized carbons (Fsp3) is 0. The van der Waals surface area contributed by atoms with E-state index in [9.17, 15) is 0 Å². The van der Waals surface area contributed by atoms with Crippen molar-refractivity contribution >= 4 is 48.4 Å². The highest BCUT2D eigenvalue weighted by Gasteiger charge is 2.10. The number of rotatable bonds is 1. The van der Waals surface area contributed by atoms with Gasteiger partial charge in [0.15, 0.2) is 0 Å². The van der Waals surface area contributed by atoms with Gasteiger partial charge in [0.1, 0.15) is 11.3 Å². The molecular formula is C22H13BrO. The van der Waals surface area contributed by atoms with Gasteiger partial charge in [-0.3, -0.25) is 0 Å². The third-order valence-electron chi connectivity index (χ3n) is 4.51. The monoisotopic (exact) mass is 372 g/mol. The third kappa shape index (κ3) is 2.15. The molecule has 114 valence electrons.